The van der Waals surface area contributed by atoms with Crippen molar-refractivity contribution in [3.8, 4) is 5.82 Å². The van der Waals surface area contributed by atoms with E-state index in [1.807, 2.05) is 30.6 Å². The number of nitrogens with zero attached hydrogens (tertiary/aromatic N) is 5. The Morgan fingerprint density at radius 3 is 2.59 bits per heavy atom. The van der Waals surface area contributed by atoms with Crippen LogP contribution >= 0.6 is 24.0 Å². The summed E-state index contributed by atoms with van der Waals surface area (Å²) in [6, 6.07) is 6.40. The first-order valence-corrected chi connectivity index (χ1v) is 11.5. The van der Waals surface area contributed by atoms with Crippen molar-refractivity contribution in [1.29, 1.82) is 0 Å². The van der Waals surface area contributed by atoms with E-state index >= 15 is 0 Å². The van der Waals surface area contributed by atoms with E-state index in [4.69, 9.17) is 9.73 Å². The van der Waals surface area contributed by atoms with Crippen LogP contribution in [0, 0.1) is 5.92 Å². The van der Waals surface area contributed by atoms with E-state index in [2.05, 4.69) is 46.4 Å². The molecule has 1 saturated heterocycles. The maximum Gasteiger partial charge on any atom is 0.191 e. The van der Waals surface area contributed by atoms with Crippen molar-refractivity contribution in [2.75, 3.05) is 39.4 Å². The minimum absolute atomic E-state index is 0. The van der Waals surface area contributed by atoms with Crippen LogP contribution in [-0.2, 0) is 11.3 Å². The van der Waals surface area contributed by atoms with Crippen molar-refractivity contribution in [1.82, 2.24) is 30.3 Å². The number of hydrogen-bond acceptors (Lipinski definition) is 5. The maximum absolute atomic E-state index is 5.58. The lowest BCUT2D eigenvalue weighted by Crippen LogP contribution is -2.53. The number of ether oxygens (including phenoxy) is 1. The van der Waals surface area contributed by atoms with Crippen molar-refractivity contribution in [2.45, 2.75) is 46.2 Å². The Bertz CT molecular complexity index is 789. The molecule has 9 heteroatoms. The highest BCUT2D eigenvalue weighted by atomic mass is 127. The van der Waals surface area contributed by atoms with E-state index in [1.54, 1.807) is 10.9 Å². The summed E-state index contributed by atoms with van der Waals surface area (Å²) in [5, 5.41) is 11.3. The van der Waals surface area contributed by atoms with E-state index < -0.39 is 0 Å². The number of rotatable bonds is 10. The summed E-state index contributed by atoms with van der Waals surface area (Å²) in [6.45, 7) is 12.6. The largest absolute Gasteiger partial charge is 0.379 e. The summed E-state index contributed by atoms with van der Waals surface area (Å²) >= 11 is 0. The molecule has 1 atom stereocenters. The first-order valence-electron chi connectivity index (χ1n) is 11.5. The van der Waals surface area contributed by atoms with Gasteiger partial charge in [-0.2, -0.15) is 5.10 Å². The molecule has 0 saturated carbocycles. The molecular formula is C23H38IN7O. The quantitative estimate of drug-likeness (QED) is 0.267. The third-order valence-corrected chi connectivity index (χ3v) is 5.90. The number of nitrogens with one attached hydrogen (secondary N) is 2. The van der Waals surface area contributed by atoms with Crippen LogP contribution < -0.4 is 10.6 Å². The fourth-order valence-electron chi connectivity index (χ4n) is 4.14. The fraction of sp³-hybridized carbons (Fsp3) is 0.609. The number of morpholine rings is 1. The SMILES string of the molecule is CCNC(=NCc1ccnc(-n2cccn2)c1)NCC(C(CC)CC)N1CCOCC1.I. The molecule has 3 heterocycles. The molecule has 32 heavy (non-hydrogen) atoms. The summed E-state index contributed by atoms with van der Waals surface area (Å²) in [6.07, 6.45) is 7.82. The molecular weight excluding hydrogens is 517 g/mol. The number of guanidine groups is 1. The lowest BCUT2D eigenvalue weighted by molar-refractivity contribution is 0.00272. The molecule has 8 nitrogen and oxygen atoms in total. The minimum atomic E-state index is 0. The molecule has 0 aliphatic carbocycles. The second kappa shape index (κ2) is 14.4. The molecule has 1 fully saturated rings. The first kappa shape index (κ1) is 26.5. The Hall–Kier alpha value is -1.72. The van der Waals surface area contributed by atoms with E-state index in [0.29, 0.717) is 18.5 Å². The molecule has 2 aromatic heterocycles. The monoisotopic (exact) mass is 555 g/mol. The van der Waals surface area contributed by atoms with Crippen molar-refractivity contribution in [3.05, 3.63) is 42.4 Å². The molecule has 0 spiro atoms. The second-order valence-electron chi connectivity index (χ2n) is 7.84. The first-order chi connectivity index (χ1) is 15.2. The average molecular weight is 556 g/mol. The Morgan fingerprint density at radius 1 is 1.16 bits per heavy atom. The van der Waals surface area contributed by atoms with Crippen LogP contribution in [0.25, 0.3) is 5.82 Å². The predicted molar refractivity (Wildman–Crippen MR) is 140 cm³/mol. The molecule has 178 valence electrons. The molecule has 2 aromatic rings. The number of pyridine rings is 1. The van der Waals surface area contributed by atoms with Crippen LogP contribution in [0.15, 0.2) is 41.8 Å². The number of hydrogen-bond donors (Lipinski definition) is 2. The van der Waals surface area contributed by atoms with Crippen LogP contribution in [0.1, 0.15) is 39.2 Å². The van der Waals surface area contributed by atoms with E-state index in [1.165, 1.54) is 12.8 Å². The second-order valence-corrected chi connectivity index (χ2v) is 7.84. The van der Waals surface area contributed by atoms with Gasteiger partial charge in [-0.3, -0.25) is 4.90 Å². The Balaban J connectivity index is 0.00000363. The van der Waals surface area contributed by atoms with Crippen molar-refractivity contribution in [3.63, 3.8) is 0 Å². The van der Waals surface area contributed by atoms with Gasteiger partial charge in [0.25, 0.3) is 0 Å². The van der Waals surface area contributed by atoms with Crippen molar-refractivity contribution < 1.29 is 4.74 Å². The zero-order valence-electron chi connectivity index (χ0n) is 19.5. The fourth-order valence-corrected chi connectivity index (χ4v) is 4.14. The zero-order chi connectivity index (χ0) is 21.9. The van der Waals surface area contributed by atoms with E-state index in [-0.39, 0.29) is 24.0 Å². The maximum atomic E-state index is 5.58. The highest BCUT2D eigenvalue weighted by molar-refractivity contribution is 14.0. The molecule has 1 aliphatic rings. The molecule has 3 rings (SSSR count). The van der Waals surface area contributed by atoms with Gasteiger partial charge in [0.2, 0.25) is 0 Å². The minimum Gasteiger partial charge on any atom is -0.379 e. The van der Waals surface area contributed by atoms with Gasteiger partial charge in [0.15, 0.2) is 11.8 Å². The molecule has 1 unspecified atom stereocenters. The number of aliphatic imine (C=N–C) groups is 1. The summed E-state index contributed by atoms with van der Waals surface area (Å²) in [4.78, 5) is 11.8. The summed E-state index contributed by atoms with van der Waals surface area (Å²) in [5.74, 6) is 2.31. The third kappa shape index (κ3) is 7.70. The molecule has 0 bridgehead atoms. The van der Waals surface area contributed by atoms with Crippen molar-refractivity contribution in [2.24, 2.45) is 10.9 Å². The number of aromatic nitrogens is 3. The Labute approximate surface area is 209 Å². The van der Waals surface area contributed by atoms with Gasteiger partial charge in [0.1, 0.15) is 0 Å². The predicted octanol–water partition coefficient (Wildman–Crippen LogP) is 3.08. The summed E-state index contributed by atoms with van der Waals surface area (Å²) in [7, 11) is 0. The van der Waals surface area contributed by atoms with Crippen molar-refractivity contribution >= 4 is 29.9 Å². The molecule has 1 aliphatic heterocycles. The van der Waals surface area contributed by atoms with Gasteiger partial charge in [0, 0.05) is 50.8 Å². The van der Waals surface area contributed by atoms with Crippen LogP contribution in [0.4, 0.5) is 0 Å². The van der Waals surface area contributed by atoms with Gasteiger partial charge in [-0.15, -0.1) is 24.0 Å². The highest BCUT2D eigenvalue weighted by Crippen LogP contribution is 2.19. The van der Waals surface area contributed by atoms with Crippen LogP contribution in [0.5, 0.6) is 0 Å². The summed E-state index contributed by atoms with van der Waals surface area (Å²) < 4.78 is 7.34. The van der Waals surface area contributed by atoms with Gasteiger partial charge in [-0.25, -0.2) is 14.7 Å². The molecule has 2 N–H and O–H groups in total. The van der Waals surface area contributed by atoms with Gasteiger partial charge in [0.05, 0.1) is 19.8 Å². The molecule has 0 amide bonds. The van der Waals surface area contributed by atoms with Gasteiger partial charge in [-0.1, -0.05) is 26.7 Å². The highest BCUT2D eigenvalue weighted by Gasteiger charge is 2.27. The molecule has 0 aromatic carbocycles. The normalized spacial score (nSPS) is 15.9. The number of halogens is 1. The van der Waals surface area contributed by atoms with Gasteiger partial charge >= 0.3 is 0 Å². The standard InChI is InChI=1S/C23H37N7O.HI/c1-4-20(5-2)21(29-12-14-31-15-13-29)18-27-23(24-6-3)26-17-19-8-10-25-22(16-19)30-11-7-9-28-30;/h7-11,16,20-21H,4-6,12-15,17-18H2,1-3H3,(H2,24,26,27);1H. The van der Waals surface area contributed by atoms with Crippen LogP contribution in [0.2, 0.25) is 0 Å². The average Bonchev–Trinajstić information content (AvgIpc) is 3.36. The third-order valence-electron chi connectivity index (χ3n) is 5.90. The molecule has 0 radical (unpaired) electrons. The van der Waals surface area contributed by atoms with Gasteiger partial charge in [-0.05, 0) is 36.6 Å². The van der Waals surface area contributed by atoms with Crippen LogP contribution in [-0.4, -0.2) is 71.1 Å². The zero-order valence-corrected chi connectivity index (χ0v) is 21.9. The lowest BCUT2D eigenvalue weighted by atomic mass is 9.92. The Kier molecular flexibility index (Phi) is 12.0. The van der Waals surface area contributed by atoms with Gasteiger partial charge < -0.3 is 15.4 Å². The smallest absolute Gasteiger partial charge is 0.191 e. The van der Waals surface area contributed by atoms with E-state index in [0.717, 1.165) is 56.7 Å². The van der Waals surface area contributed by atoms with Crippen LogP contribution in [0.3, 0.4) is 0 Å². The lowest BCUT2D eigenvalue weighted by Gasteiger charge is -2.39. The van der Waals surface area contributed by atoms with E-state index in [9.17, 15) is 0 Å². The summed E-state index contributed by atoms with van der Waals surface area (Å²) in [5.41, 5.74) is 1.10. The topological polar surface area (TPSA) is 79.6 Å². The Morgan fingerprint density at radius 2 is 1.94 bits per heavy atom.